The fraction of sp³-hybridized carbons (Fsp3) is 0.450. The van der Waals surface area contributed by atoms with Crippen LogP contribution in [0, 0.1) is 6.92 Å². The summed E-state index contributed by atoms with van der Waals surface area (Å²) in [5.41, 5.74) is 0.690. The van der Waals surface area contributed by atoms with E-state index in [2.05, 4.69) is 20.2 Å². The van der Waals surface area contributed by atoms with Crippen LogP contribution in [0.1, 0.15) is 35.4 Å². The number of nitrogens with one attached hydrogen (secondary N) is 1. The number of amides is 1. The smallest absolute Gasteiger partial charge is 0.252 e. The zero-order valence-electron chi connectivity index (χ0n) is 15.9. The number of rotatable bonds is 7. The van der Waals surface area contributed by atoms with Gasteiger partial charge in [0.1, 0.15) is 18.2 Å². The Bertz CT molecular complexity index is 778. The molecule has 1 fully saturated rings. The van der Waals surface area contributed by atoms with Crippen LogP contribution >= 0.6 is 11.8 Å². The van der Waals surface area contributed by atoms with E-state index in [-0.39, 0.29) is 5.91 Å². The SMILES string of the molecule is CSc1ccccc1C(=O)NCCOc1cc(N2CCCCC2)nc(C)n1. The summed E-state index contributed by atoms with van der Waals surface area (Å²) in [6, 6.07) is 9.48. The van der Waals surface area contributed by atoms with Gasteiger partial charge in [-0.05, 0) is 44.6 Å². The van der Waals surface area contributed by atoms with Gasteiger partial charge in [0, 0.05) is 24.1 Å². The average molecular weight is 387 g/mol. The van der Waals surface area contributed by atoms with Crippen molar-refractivity contribution in [2.75, 3.05) is 37.4 Å². The molecule has 144 valence electrons. The zero-order valence-corrected chi connectivity index (χ0v) is 16.7. The Morgan fingerprint density at radius 1 is 1.22 bits per heavy atom. The normalized spacial score (nSPS) is 14.1. The molecule has 0 atom stereocenters. The highest BCUT2D eigenvalue weighted by molar-refractivity contribution is 7.98. The maximum atomic E-state index is 12.3. The Morgan fingerprint density at radius 3 is 2.78 bits per heavy atom. The second-order valence-corrected chi connectivity index (χ2v) is 7.31. The number of carbonyl (C=O) groups is 1. The topological polar surface area (TPSA) is 67.3 Å². The molecule has 1 aliphatic rings. The fourth-order valence-corrected chi connectivity index (χ4v) is 3.73. The number of benzene rings is 1. The third-order valence-electron chi connectivity index (χ3n) is 4.47. The highest BCUT2D eigenvalue weighted by Crippen LogP contribution is 2.21. The van der Waals surface area contributed by atoms with Crippen LogP contribution in [0.4, 0.5) is 5.82 Å². The number of hydrogen-bond donors (Lipinski definition) is 1. The minimum Gasteiger partial charge on any atom is -0.476 e. The van der Waals surface area contributed by atoms with E-state index in [0.717, 1.165) is 23.8 Å². The first kappa shape index (κ1) is 19.5. The zero-order chi connectivity index (χ0) is 19.1. The first-order valence-corrected chi connectivity index (χ1v) is 10.5. The van der Waals surface area contributed by atoms with Gasteiger partial charge in [-0.3, -0.25) is 4.79 Å². The van der Waals surface area contributed by atoms with E-state index in [1.54, 1.807) is 11.8 Å². The molecule has 1 aromatic carbocycles. The van der Waals surface area contributed by atoms with E-state index in [1.165, 1.54) is 19.3 Å². The lowest BCUT2D eigenvalue weighted by atomic mass is 10.1. The highest BCUT2D eigenvalue weighted by atomic mass is 32.2. The molecular formula is C20H26N4O2S. The van der Waals surface area contributed by atoms with Crippen molar-refractivity contribution in [1.82, 2.24) is 15.3 Å². The molecule has 1 saturated heterocycles. The Labute approximate surface area is 164 Å². The third-order valence-corrected chi connectivity index (χ3v) is 5.27. The number of carbonyl (C=O) groups excluding carboxylic acids is 1. The summed E-state index contributed by atoms with van der Waals surface area (Å²) in [4.78, 5) is 24.5. The number of nitrogens with zero attached hydrogens (tertiary/aromatic N) is 3. The standard InChI is InChI=1S/C20H26N4O2S/c1-15-22-18(24-11-6-3-7-12-24)14-19(23-15)26-13-10-21-20(25)16-8-4-5-9-17(16)27-2/h4-5,8-9,14H,3,6-7,10-13H2,1-2H3,(H,21,25). The minimum atomic E-state index is -0.0866. The van der Waals surface area contributed by atoms with Crippen LogP contribution in [-0.2, 0) is 0 Å². The number of anilines is 1. The summed E-state index contributed by atoms with van der Waals surface area (Å²) in [6.45, 7) is 4.72. The quantitative estimate of drug-likeness (QED) is 0.582. The van der Waals surface area contributed by atoms with Crippen LogP contribution in [0.15, 0.2) is 35.2 Å². The molecule has 0 saturated carbocycles. The van der Waals surface area contributed by atoms with Crippen LogP contribution in [-0.4, -0.2) is 48.4 Å². The molecular weight excluding hydrogens is 360 g/mol. The second-order valence-electron chi connectivity index (χ2n) is 6.46. The van der Waals surface area contributed by atoms with E-state index in [1.807, 2.05) is 43.5 Å². The molecule has 1 N–H and O–H groups in total. The van der Waals surface area contributed by atoms with E-state index in [4.69, 9.17) is 4.74 Å². The number of piperidine rings is 1. The molecule has 3 rings (SSSR count). The predicted molar refractivity (Wildman–Crippen MR) is 109 cm³/mol. The van der Waals surface area contributed by atoms with Crippen molar-refractivity contribution < 1.29 is 9.53 Å². The molecule has 0 bridgehead atoms. The summed E-state index contributed by atoms with van der Waals surface area (Å²) in [5, 5.41) is 2.91. The van der Waals surface area contributed by atoms with Crippen LogP contribution in [0.3, 0.4) is 0 Å². The number of ether oxygens (including phenoxy) is 1. The summed E-state index contributed by atoms with van der Waals surface area (Å²) in [6.07, 6.45) is 5.64. The largest absolute Gasteiger partial charge is 0.476 e. The summed E-state index contributed by atoms with van der Waals surface area (Å²) < 4.78 is 5.76. The summed E-state index contributed by atoms with van der Waals surface area (Å²) in [7, 11) is 0. The van der Waals surface area contributed by atoms with Crippen molar-refractivity contribution in [3.05, 3.63) is 41.7 Å². The highest BCUT2D eigenvalue weighted by Gasteiger charge is 2.14. The van der Waals surface area contributed by atoms with Crippen LogP contribution in [0.2, 0.25) is 0 Å². The number of hydrogen-bond acceptors (Lipinski definition) is 6. The molecule has 1 aliphatic heterocycles. The van der Waals surface area contributed by atoms with Crippen molar-refractivity contribution in [2.45, 2.75) is 31.1 Å². The first-order valence-electron chi connectivity index (χ1n) is 9.32. The average Bonchev–Trinajstić information content (AvgIpc) is 2.71. The van der Waals surface area contributed by atoms with Gasteiger partial charge in [-0.25, -0.2) is 4.98 Å². The lowest BCUT2D eigenvalue weighted by Gasteiger charge is -2.28. The van der Waals surface area contributed by atoms with Crippen molar-refractivity contribution in [3.8, 4) is 5.88 Å². The maximum Gasteiger partial charge on any atom is 0.252 e. The van der Waals surface area contributed by atoms with E-state index in [0.29, 0.717) is 30.4 Å². The number of aryl methyl sites for hydroxylation is 1. The van der Waals surface area contributed by atoms with E-state index >= 15 is 0 Å². The Morgan fingerprint density at radius 2 is 2.00 bits per heavy atom. The molecule has 0 radical (unpaired) electrons. The Kier molecular flexibility index (Phi) is 6.92. The van der Waals surface area contributed by atoms with Gasteiger partial charge in [0.25, 0.3) is 5.91 Å². The van der Waals surface area contributed by atoms with Crippen LogP contribution in [0.5, 0.6) is 5.88 Å². The monoisotopic (exact) mass is 386 g/mol. The number of aromatic nitrogens is 2. The molecule has 27 heavy (non-hydrogen) atoms. The second kappa shape index (κ2) is 9.60. The molecule has 2 aromatic rings. The van der Waals surface area contributed by atoms with Crippen molar-refractivity contribution in [3.63, 3.8) is 0 Å². The van der Waals surface area contributed by atoms with Gasteiger partial charge in [0.15, 0.2) is 0 Å². The van der Waals surface area contributed by atoms with Crippen LogP contribution in [0.25, 0.3) is 0 Å². The predicted octanol–water partition coefficient (Wildman–Crippen LogP) is 3.31. The summed E-state index contributed by atoms with van der Waals surface area (Å²) in [5.74, 6) is 2.10. The van der Waals surface area contributed by atoms with Gasteiger partial charge in [-0.2, -0.15) is 4.98 Å². The molecule has 0 spiro atoms. The molecule has 0 unspecified atom stereocenters. The van der Waals surface area contributed by atoms with E-state index < -0.39 is 0 Å². The van der Waals surface area contributed by atoms with Gasteiger partial charge in [-0.1, -0.05) is 12.1 Å². The Balaban J connectivity index is 1.53. The third kappa shape index (κ3) is 5.35. The molecule has 0 aliphatic carbocycles. The maximum absolute atomic E-state index is 12.3. The molecule has 7 heteroatoms. The van der Waals surface area contributed by atoms with Crippen molar-refractivity contribution in [2.24, 2.45) is 0 Å². The lowest BCUT2D eigenvalue weighted by Crippen LogP contribution is -2.30. The fourth-order valence-electron chi connectivity index (χ4n) is 3.13. The van der Waals surface area contributed by atoms with Crippen molar-refractivity contribution in [1.29, 1.82) is 0 Å². The van der Waals surface area contributed by atoms with Crippen molar-refractivity contribution >= 4 is 23.5 Å². The van der Waals surface area contributed by atoms with Gasteiger partial charge in [0.05, 0.1) is 12.1 Å². The van der Waals surface area contributed by atoms with Crippen LogP contribution < -0.4 is 15.0 Å². The first-order chi connectivity index (χ1) is 13.2. The van der Waals surface area contributed by atoms with Gasteiger partial charge >= 0.3 is 0 Å². The minimum absolute atomic E-state index is 0.0866. The number of thioether (sulfide) groups is 1. The van der Waals surface area contributed by atoms with Gasteiger partial charge in [0.2, 0.25) is 5.88 Å². The van der Waals surface area contributed by atoms with Gasteiger partial charge in [-0.15, -0.1) is 11.8 Å². The van der Waals surface area contributed by atoms with Gasteiger partial charge < -0.3 is 15.0 Å². The molecule has 6 nitrogen and oxygen atoms in total. The Hall–Kier alpha value is -2.28. The molecule has 1 amide bonds. The molecule has 2 heterocycles. The van der Waals surface area contributed by atoms with E-state index in [9.17, 15) is 4.79 Å². The lowest BCUT2D eigenvalue weighted by molar-refractivity contribution is 0.0943. The summed E-state index contributed by atoms with van der Waals surface area (Å²) >= 11 is 1.56. The molecule has 1 aromatic heterocycles.